The van der Waals surface area contributed by atoms with Crippen molar-refractivity contribution in [3.63, 3.8) is 0 Å². The van der Waals surface area contributed by atoms with Crippen LogP contribution in [-0.4, -0.2) is 17.7 Å². The quantitative estimate of drug-likeness (QED) is 0.776. The fraction of sp³-hybridized carbons (Fsp3) is 0.938. The van der Waals surface area contributed by atoms with Gasteiger partial charge in [-0.2, -0.15) is 13.7 Å². The molecule has 120 valence electrons. The predicted molar refractivity (Wildman–Crippen MR) is 82.3 cm³/mol. The summed E-state index contributed by atoms with van der Waals surface area (Å²) in [5.41, 5.74) is 0. The first-order chi connectivity index (χ1) is 9.97. The molecule has 0 atom stereocenters. The maximum atomic E-state index is 12.0. The number of nitriles is 1. The topological polar surface area (TPSA) is 78.2 Å². The van der Waals surface area contributed by atoms with Crippen molar-refractivity contribution < 1.29 is 13.0 Å². The molecule has 0 saturated heterocycles. The molecule has 2 aliphatic carbocycles. The van der Waals surface area contributed by atoms with Gasteiger partial charge in [0, 0.05) is 0 Å². The molecular formula is C16H27NO3S. The molecule has 0 amide bonds. The molecular weight excluding hydrogens is 286 g/mol. The maximum Gasteiger partial charge on any atom is 0.284 e. The molecule has 2 saturated carbocycles. The van der Waals surface area contributed by atoms with Gasteiger partial charge in [0.2, 0.25) is 0 Å². The molecule has 5 heteroatoms. The van der Waals surface area contributed by atoms with Gasteiger partial charge in [-0.15, -0.1) is 0 Å². The van der Waals surface area contributed by atoms with Gasteiger partial charge < -0.3 is 0 Å². The van der Waals surface area contributed by atoms with Crippen LogP contribution in [0.2, 0.25) is 0 Å². The molecule has 0 aromatic carbocycles. The van der Waals surface area contributed by atoms with Crippen molar-refractivity contribution in [2.75, 3.05) is 0 Å². The third-order valence-corrected chi connectivity index (χ3v) is 6.80. The van der Waals surface area contributed by atoms with Crippen LogP contribution < -0.4 is 0 Å². The van der Waals surface area contributed by atoms with E-state index >= 15 is 0 Å². The molecule has 2 aliphatic rings. The van der Waals surface area contributed by atoms with Gasteiger partial charge in [0.05, 0.1) is 6.07 Å². The van der Waals surface area contributed by atoms with Gasteiger partial charge in [-0.3, -0.25) is 4.55 Å². The molecule has 0 aromatic heterocycles. The first-order valence-electron chi connectivity index (χ1n) is 8.35. The van der Waals surface area contributed by atoms with Crippen LogP contribution in [0.3, 0.4) is 0 Å². The Morgan fingerprint density at radius 3 is 1.57 bits per heavy atom. The van der Waals surface area contributed by atoms with E-state index in [1.807, 2.05) is 6.07 Å². The van der Waals surface area contributed by atoms with Crippen molar-refractivity contribution in [2.45, 2.75) is 81.8 Å². The molecule has 21 heavy (non-hydrogen) atoms. The van der Waals surface area contributed by atoms with Crippen LogP contribution in [0.25, 0.3) is 0 Å². The summed E-state index contributed by atoms with van der Waals surface area (Å²) in [4.78, 5) is 0. The molecule has 0 bridgehead atoms. The minimum atomic E-state index is -4.34. The number of rotatable bonds is 5. The van der Waals surface area contributed by atoms with Crippen molar-refractivity contribution in [1.29, 1.82) is 5.26 Å². The SMILES string of the molecule is N#CC(CC1CCCCC1)(CC1CCCCC1)S(=O)(=O)O. The highest BCUT2D eigenvalue weighted by molar-refractivity contribution is 7.87. The Balaban J connectivity index is 2.14. The van der Waals surface area contributed by atoms with Crippen molar-refractivity contribution >= 4 is 10.1 Å². The normalized spacial score (nSPS) is 22.9. The summed E-state index contributed by atoms with van der Waals surface area (Å²) >= 11 is 0. The summed E-state index contributed by atoms with van der Waals surface area (Å²) in [5, 5.41) is 9.58. The average molecular weight is 313 g/mol. The van der Waals surface area contributed by atoms with Crippen molar-refractivity contribution in [3.05, 3.63) is 0 Å². The number of hydrogen-bond acceptors (Lipinski definition) is 3. The Morgan fingerprint density at radius 1 is 0.905 bits per heavy atom. The Kier molecular flexibility index (Phi) is 5.67. The van der Waals surface area contributed by atoms with Crippen LogP contribution in [0.5, 0.6) is 0 Å². The average Bonchev–Trinajstić information content (AvgIpc) is 2.47. The predicted octanol–water partition coefficient (Wildman–Crippen LogP) is 4.08. The lowest BCUT2D eigenvalue weighted by Crippen LogP contribution is -2.41. The second-order valence-electron chi connectivity index (χ2n) is 7.00. The molecule has 4 nitrogen and oxygen atoms in total. The first kappa shape index (κ1) is 16.8. The highest BCUT2D eigenvalue weighted by Crippen LogP contribution is 2.40. The summed E-state index contributed by atoms with van der Waals surface area (Å²) in [6, 6.07) is 2.01. The summed E-state index contributed by atoms with van der Waals surface area (Å²) in [6.45, 7) is 0. The molecule has 0 heterocycles. The van der Waals surface area contributed by atoms with Crippen molar-refractivity contribution in [2.24, 2.45) is 11.8 Å². The monoisotopic (exact) mass is 313 g/mol. The molecule has 0 aromatic rings. The molecule has 2 fully saturated rings. The third-order valence-electron chi connectivity index (χ3n) is 5.38. The van der Waals surface area contributed by atoms with Crippen LogP contribution in [0, 0.1) is 23.2 Å². The van der Waals surface area contributed by atoms with Gasteiger partial charge in [-0.05, 0) is 24.7 Å². The molecule has 0 aliphatic heterocycles. The Morgan fingerprint density at radius 2 is 1.29 bits per heavy atom. The minimum Gasteiger partial charge on any atom is -0.284 e. The molecule has 0 radical (unpaired) electrons. The zero-order valence-corrected chi connectivity index (χ0v) is 13.6. The second kappa shape index (κ2) is 7.11. The fourth-order valence-electron chi connectivity index (χ4n) is 4.16. The van der Waals surface area contributed by atoms with E-state index in [4.69, 9.17) is 0 Å². The third kappa shape index (κ3) is 4.20. The van der Waals surface area contributed by atoms with E-state index in [9.17, 15) is 18.2 Å². The van der Waals surface area contributed by atoms with E-state index in [1.54, 1.807) is 0 Å². The fourth-order valence-corrected chi connectivity index (χ4v) is 5.17. The number of hydrogen-bond donors (Lipinski definition) is 1. The van der Waals surface area contributed by atoms with E-state index < -0.39 is 14.9 Å². The highest BCUT2D eigenvalue weighted by atomic mass is 32.2. The van der Waals surface area contributed by atoms with E-state index in [-0.39, 0.29) is 11.8 Å². The van der Waals surface area contributed by atoms with Crippen LogP contribution in [0.15, 0.2) is 0 Å². The Labute approximate surface area is 128 Å². The first-order valence-corrected chi connectivity index (χ1v) is 9.79. The van der Waals surface area contributed by atoms with Crippen LogP contribution >= 0.6 is 0 Å². The second-order valence-corrected chi connectivity index (χ2v) is 8.73. The number of nitrogens with zero attached hydrogens (tertiary/aromatic N) is 1. The Bertz CT molecular complexity index is 448. The van der Waals surface area contributed by atoms with Gasteiger partial charge in [0.25, 0.3) is 10.1 Å². The van der Waals surface area contributed by atoms with Crippen LogP contribution in [-0.2, 0) is 10.1 Å². The smallest absolute Gasteiger partial charge is 0.284 e. The van der Waals surface area contributed by atoms with Crippen LogP contribution in [0.4, 0.5) is 0 Å². The van der Waals surface area contributed by atoms with Gasteiger partial charge in [-0.1, -0.05) is 64.2 Å². The molecule has 0 spiro atoms. The minimum absolute atomic E-state index is 0.268. The van der Waals surface area contributed by atoms with Crippen LogP contribution in [0.1, 0.15) is 77.0 Å². The summed E-state index contributed by atoms with van der Waals surface area (Å²) < 4.78 is 32.1. The molecule has 2 rings (SSSR count). The van der Waals surface area contributed by atoms with E-state index in [0.717, 1.165) is 51.4 Å². The lowest BCUT2D eigenvalue weighted by molar-refractivity contribution is 0.260. The lowest BCUT2D eigenvalue weighted by atomic mass is 9.77. The van der Waals surface area contributed by atoms with E-state index in [0.29, 0.717) is 12.8 Å². The largest absolute Gasteiger partial charge is 0.284 e. The maximum absolute atomic E-state index is 12.0. The molecule has 0 unspecified atom stereocenters. The van der Waals surface area contributed by atoms with Gasteiger partial charge in [0.15, 0.2) is 4.75 Å². The molecule has 1 N–H and O–H groups in total. The van der Waals surface area contributed by atoms with Gasteiger partial charge in [0.1, 0.15) is 0 Å². The van der Waals surface area contributed by atoms with E-state index in [1.165, 1.54) is 12.8 Å². The van der Waals surface area contributed by atoms with E-state index in [2.05, 4.69) is 0 Å². The zero-order valence-electron chi connectivity index (χ0n) is 12.8. The van der Waals surface area contributed by atoms with Gasteiger partial charge >= 0.3 is 0 Å². The summed E-state index contributed by atoms with van der Waals surface area (Å²) in [5.74, 6) is 0.535. The summed E-state index contributed by atoms with van der Waals surface area (Å²) in [6.07, 6.45) is 11.4. The zero-order chi connectivity index (χ0) is 15.3. The Hall–Kier alpha value is -0.600. The van der Waals surface area contributed by atoms with Gasteiger partial charge in [-0.25, -0.2) is 0 Å². The summed E-state index contributed by atoms with van der Waals surface area (Å²) in [7, 11) is -4.34. The van der Waals surface area contributed by atoms with Crippen molar-refractivity contribution in [3.8, 4) is 6.07 Å². The van der Waals surface area contributed by atoms with Crippen molar-refractivity contribution in [1.82, 2.24) is 0 Å². The standard InChI is InChI=1S/C16H27NO3S/c17-13-16(21(18,19)20,11-14-7-3-1-4-8-14)12-15-9-5-2-6-10-15/h14-15H,1-12H2,(H,18,19,20). The lowest BCUT2D eigenvalue weighted by Gasteiger charge is -2.34. The highest BCUT2D eigenvalue weighted by Gasteiger charge is 2.46.